The predicted molar refractivity (Wildman–Crippen MR) is 127 cm³/mol. The first kappa shape index (κ1) is 24.0. The first-order chi connectivity index (χ1) is 16.1. The molecule has 184 valence electrons. The standard InChI is InChI=1S/C24H33N5O5/c1-13(2)10-27-22-18(8-9-19(30)28-14(3)11-34-12-15(28)4)16(5)26-29(22)24(33)20(23(27)32)21(31)25-17-6-7-17/h8-9,13-15,17,32H,6-7,10-12H2,1-5H3,(H,25,31)/b9-8+. The normalized spacial score (nSPS) is 21.1. The van der Waals surface area contributed by atoms with Crippen molar-refractivity contribution in [1.82, 2.24) is 24.4 Å². The summed E-state index contributed by atoms with van der Waals surface area (Å²) in [7, 11) is 0. The number of ether oxygens (including phenoxy) is 1. The molecule has 2 N–H and O–H groups in total. The molecule has 2 aliphatic rings. The van der Waals surface area contributed by atoms with Crippen LogP contribution >= 0.6 is 0 Å². The molecular weight excluding hydrogens is 438 g/mol. The highest BCUT2D eigenvalue weighted by Gasteiger charge is 2.31. The first-order valence-electron chi connectivity index (χ1n) is 11.8. The Balaban J connectivity index is 1.81. The monoisotopic (exact) mass is 471 g/mol. The van der Waals surface area contributed by atoms with Crippen molar-refractivity contribution < 1.29 is 19.4 Å². The Kier molecular flexibility index (Phi) is 6.53. The Labute approximate surface area is 198 Å². The molecule has 1 aliphatic heterocycles. The van der Waals surface area contributed by atoms with Crippen molar-refractivity contribution in [2.24, 2.45) is 5.92 Å². The van der Waals surface area contributed by atoms with E-state index in [1.165, 1.54) is 10.6 Å². The summed E-state index contributed by atoms with van der Waals surface area (Å²) < 4.78 is 8.20. The maximum Gasteiger partial charge on any atom is 0.291 e. The van der Waals surface area contributed by atoms with Crippen molar-refractivity contribution >= 4 is 23.5 Å². The number of aromatic nitrogens is 3. The highest BCUT2D eigenvalue weighted by atomic mass is 16.5. The Bertz CT molecular complexity index is 1200. The van der Waals surface area contributed by atoms with Gasteiger partial charge in [0.25, 0.3) is 11.5 Å². The Morgan fingerprint density at radius 1 is 1.24 bits per heavy atom. The summed E-state index contributed by atoms with van der Waals surface area (Å²) in [6, 6.07) is -0.0717. The van der Waals surface area contributed by atoms with Crippen LogP contribution in [0.2, 0.25) is 0 Å². The van der Waals surface area contributed by atoms with Gasteiger partial charge in [-0.15, -0.1) is 0 Å². The molecule has 0 radical (unpaired) electrons. The largest absolute Gasteiger partial charge is 0.494 e. The van der Waals surface area contributed by atoms with Crippen molar-refractivity contribution in [3.63, 3.8) is 0 Å². The average Bonchev–Trinajstić information content (AvgIpc) is 3.50. The lowest BCUT2D eigenvalue weighted by molar-refractivity contribution is -0.138. The van der Waals surface area contributed by atoms with E-state index in [0.717, 1.165) is 17.4 Å². The second-order valence-corrected chi connectivity index (χ2v) is 9.80. The van der Waals surface area contributed by atoms with Gasteiger partial charge in [0.2, 0.25) is 11.8 Å². The fraction of sp³-hybridized carbons (Fsp3) is 0.583. The topological polar surface area (TPSA) is 118 Å². The van der Waals surface area contributed by atoms with E-state index in [-0.39, 0.29) is 41.4 Å². The number of aromatic hydroxyl groups is 1. The maximum atomic E-state index is 13.2. The van der Waals surface area contributed by atoms with Crippen LogP contribution in [0.3, 0.4) is 0 Å². The van der Waals surface area contributed by atoms with Gasteiger partial charge in [-0.2, -0.15) is 9.61 Å². The van der Waals surface area contributed by atoms with Gasteiger partial charge < -0.3 is 20.1 Å². The summed E-state index contributed by atoms with van der Waals surface area (Å²) in [5.74, 6) is -1.04. The molecule has 1 saturated carbocycles. The second-order valence-electron chi connectivity index (χ2n) is 9.80. The molecule has 0 spiro atoms. The molecule has 0 bridgehead atoms. The van der Waals surface area contributed by atoms with Crippen LogP contribution in [-0.4, -0.2) is 67.3 Å². The molecule has 2 aromatic rings. The molecule has 2 atom stereocenters. The lowest BCUT2D eigenvalue weighted by Crippen LogP contribution is -2.51. The third kappa shape index (κ3) is 4.46. The van der Waals surface area contributed by atoms with E-state index in [1.807, 2.05) is 27.7 Å². The lowest BCUT2D eigenvalue weighted by Gasteiger charge is -2.38. The van der Waals surface area contributed by atoms with Crippen molar-refractivity contribution in [1.29, 1.82) is 0 Å². The third-order valence-corrected chi connectivity index (χ3v) is 6.22. The fourth-order valence-corrected chi connectivity index (χ4v) is 4.46. The molecule has 10 nitrogen and oxygen atoms in total. The fourth-order valence-electron chi connectivity index (χ4n) is 4.46. The average molecular weight is 472 g/mol. The summed E-state index contributed by atoms with van der Waals surface area (Å²) in [5.41, 5.74) is 0.411. The van der Waals surface area contributed by atoms with Gasteiger partial charge in [-0.1, -0.05) is 13.8 Å². The van der Waals surface area contributed by atoms with Gasteiger partial charge in [-0.3, -0.25) is 19.0 Å². The number of morpholine rings is 1. The summed E-state index contributed by atoms with van der Waals surface area (Å²) in [5, 5.41) is 18.2. The van der Waals surface area contributed by atoms with E-state index in [9.17, 15) is 19.5 Å². The second kappa shape index (κ2) is 9.25. The summed E-state index contributed by atoms with van der Waals surface area (Å²) in [4.78, 5) is 40.8. The molecule has 1 aliphatic carbocycles. The highest BCUT2D eigenvalue weighted by molar-refractivity contribution is 5.97. The Hall–Kier alpha value is -3.14. The molecule has 2 amide bonds. The van der Waals surface area contributed by atoms with Gasteiger partial charge >= 0.3 is 0 Å². The third-order valence-electron chi connectivity index (χ3n) is 6.22. The molecule has 4 rings (SSSR count). The van der Waals surface area contributed by atoms with Gasteiger partial charge in [0.15, 0.2) is 5.56 Å². The maximum absolute atomic E-state index is 13.2. The van der Waals surface area contributed by atoms with Gasteiger partial charge in [0, 0.05) is 24.2 Å². The minimum Gasteiger partial charge on any atom is -0.494 e. The van der Waals surface area contributed by atoms with Crippen LogP contribution in [0.4, 0.5) is 0 Å². The highest BCUT2D eigenvalue weighted by Crippen LogP contribution is 2.26. The van der Waals surface area contributed by atoms with Crippen LogP contribution in [0, 0.1) is 12.8 Å². The molecular formula is C24H33N5O5. The number of rotatable bonds is 6. The zero-order valence-electron chi connectivity index (χ0n) is 20.4. The minimum absolute atomic E-state index is 0.0365. The zero-order valence-corrected chi connectivity index (χ0v) is 20.4. The number of carbonyl (C=O) groups is 2. The SMILES string of the molecule is Cc1nn2c(=O)c(C(=O)NC3CC3)c(O)n(CC(C)C)c2c1/C=C/C(=O)N1C(C)COCC1C. The van der Waals surface area contributed by atoms with Crippen molar-refractivity contribution in [2.45, 2.75) is 72.1 Å². The zero-order chi connectivity index (χ0) is 24.7. The number of amides is 2. The Morgan fingerprint density at radius 2 is 1.88 bits per heavy atom. The van der Waals surface area contributed by atoms with Crippen LogP contribution in [0.5, 0.6) is 5.88 Å². The number of fused-ring (bicyclic) bond motifs is 1. The molecule has 3 heterocycles. The van der Waals surface area contributed by atoms with Crippen molar-refractivity contribution in [2.75, 3.05) is 13.2 Å². The molecule has 2 fully saturated rings. The number of aryl methyl sites for hydroxylation is 1. The van der Waals surface area contributed by atoms with Crippen LogP contribution in [0.1, 0.15) is 62.2 Å². The minimum atomic E-state index is -0.685. The predicted octanol–water partition coefficient (Wildman–Crippen LogP) is 1.71. The molecule has 34 heavy (non-hydrogen) atoms. The van der Waals surface area contributed by atoms with Crippen molar-refractivity contribution in [3.8, 4) is 5.88 Å². The van der Waals surface area contributed by atoms with Crippen LogP contribution in [0.25, 0.3) is 11.7 Å². The number of nitrogens with zero attached hydrogens (tertiary/aromatic N) is 4. The van der Waals surface area contributed by atoms with Crippen LogP contribution in [0.15, 0.2) is 10.9 Å². The van der Waals surface area contributed by atoms with E-state index >= 15 is 0 Å². The lowest BCUT2D eigenvalue weighted by atomic mass is 10.1. The van der Waals surface area contributed by atoms with Crippen molar-refractivity contribution in [3.05, 3.63) is 33.3 Å². The number of hydrogen-bond donors (Lipinski definition) is 2. The molecule has 2 unspecified atom stereocenters. The quantitative estimate of drug-likeness (QED) is 0.620. The van der Waals surface area contributed by atoms with Crippen LogP contribution in [-0.2, 0) is 16.1 Å². The Morgan fingerprint density at radius 3 is 2.47 bits per heavy atom. The van der Waals surface area contributed by atoms with E-state index in [4.69, 9.17) is 4.74 Å². The number of nitrogens with one attached hydrogen (secondary N) is 1. The van der Waals surface area contributed by atoms with E-state index in [0.29, 0.717) is 36.7 Å². The van der Waals surface area contributed by atoms with E-state index in [1.54, 1.807) is 17.9 Å². The first-order valence-corrected chi connectivity index (χ1v) is 11.8. The van der Waals surface area contributed by atoms with Gasteiger partial charge in [-0.25, -0.2) is 0 Å². The molecule has 2 aromatic heterocycles. The van der Waals surface area contributed by atoms with Crippen LogP contribution < -0.4 is 10.9 Å². The summed E-state index contributed by atoms with van der Waals surface area (Å²) >= 11 is 0. The number of hydrogen-bond acceptors (Lipinski definition) is 6. The summed E-state index contributed by atoms with van der Waals surface area (Å²) in [6.45, 7) is 10.9. The molecule has 10 heteroatoms. The smallest absolute Gasteiger partial charge is 0.291 e. The molecule has 1 saturated heterocycles. The summed E-state index contributed by atoms with van der Waals surface area (Å²) in [6.07, 6.45) is 4.82. The molecule has 0 aromatic carbocycles. The number of carbonyl (C=O) groups excluding carboxylic acids is 2. The van der Waals surface area contributed by atoms with E-state index < -0.39 is 11.5 Å². The van der Waals surface area contributed by atoms with Gasteiger partial charge in [0.1, 0.15) is 5.65 Å². The van der Waals surface area contributed by atoms with Gasteiger partial charge in [0.05, 0.1) is 31.0 Å². The van der Waals surface area contributed by atoms with E-state index in [2.05, 4.69) is 10.4 Å². The van der Waals surface area contributed by atoms with Gasteiger partial charge in [-0.05, 0) is 45.6 Å².